The maximum atomic E-state index is 13.2. The second-order valence-corrected chi connectivity index (χ2v) is 6.39. The van der Waals surface area contributed by atoms with E-state index in [1.807, 2.05) is 32.0 Å². The Morgan fingerprint density at radius 1 is 1.08 bits per heavy atom. The molecular formula is C20H20FN3O2. The van der Waals surface area contributed by atoms with Gasteiger partial charge >= 0.3 is 6.03 Å². The molecule has 1 aliphatic rings. The third-order valence-corrected chi connectivity index (χ3v) is 4.35. The highest BCUT2D eigenvalue weighted by molar-refractivity contribution is 6.07. The molecule has 3 rings (SSSR count). The smallest absolute Gasteiger partial charge is 0.319 e. The number of aryl methyl sites for hydroxylation is 2. The highest BCUT2D eigenvalue weighted by atomic mass is 19.1. The summed E-state index contributed by atoms with van der Waals surface area (Å²) in [6, 6.07) is 10.4. The molecule has 1 heterocycles. The minimum atomic E-state index is -0.657. The number of anilines is 1. The van der Waals surface area contributed by atoms with Crippen molar-refractivity contribution in [3.05, 3.63) is 76.2 Å². The average Bonchev–Trinajstić information content (AvgIpc) is 2.57. The van der Waals surface area contributed by atoms with E-state index < -0.39 is 12.1 Å². The van der Waals surface area contributed by atoms with E-state index in [4.69, 9.17) is 0 Å². The lowest BCUT2D eigenvalue weighted by Gasteiger charge is -2.28. The molecule has 134 valence electrons. The van der Waals surface area contributed by atoms with Crippen LogP contribution >= 0.6 is 0 Å². The number of benzene rings is 2. The van der Waals surface area contributed by atoms with Crippen LogP contribution in [0.25, 0.3) is 0 Å². The minimum Gasteiger partial charge on any atom is -0.327 e. The molecule has 1 aliphatic heterocycles. The molecule has 0 radical (unpaired) electrons. The number of carbonyl (C=O) groups excluding carboxylic acids is 2. The molecule has 26 heavy (non-hydrogen) atoms. The SMILES string of the molecule is CC1=C(C(=O)Nc2ccc(C)cc2C)[C@H](c2ccc(F)cc2)NC(=O)N1. The van der Waals surface area contributed by atoms with Gasteiger partial charge in [0.1, 0.15) is 5.82 Å². The summed E-state index contributed by atoms with van der Waals surface area (Å²) >= 11 is 0. The molecule has 6 heteroatoms. The third-order valence-electron chi connectivity index (χ3n) is 4.35. The Hall–Kier alpha value is -3.15. The molecule has 0 bridgehead atoms. The topological polar surface area (TPSA) is 70.2 Å². The number of halogens is 1. The molecule has 0 saturated heterocycles. The molecule has 1 atom stereocenters. The lowest BCUT2D eigenvalue weighted by Crippen LogP contribution is -2.46. The van der Waals surface area contributed by atoms with Crippen molar-refractivity contribution in [2.24, 2.45) is 0 Å². The van der Waals surface area contributed by atoms with E-state index in [0.717, 1.165) is 11.1 Å². The van der Waals surface area contributed by atoms with Gasteiger partial charge in [-0.15, -0.1) is 0 Å². The van der Waals surface area contributed by atoms with Crippen LogP contribution in [-0.2, 0) is 4.79 Å². The van der Waals surface area contributed by atoms with Crippen LogP contribution in [-0.4, -0.2) is 11.9 Å². The Kier molecular flexibility index (Phi) is 4.75. The maximum absolute atomic E-state index is 13.2. The van der Waals surface area contributed by atoms with Gasteiger partial charge in [-0.25, -0.2) is 9.18 Å². The standard InChI is InChI=1S/C20H20FN3O2/c1-11-4-9-16(12(2)10-11)23-19(25)17-13(3)22-20(26)24-18(17)14-5-7-15(21)8-6-14/h4-10,18H,1-3H3,(H,23,25)(H2,22,24,26)/t18-/m0/s1. The van der Waals surface area contributed by atoms with Gasteiger partial charge < -0.3 is 16.0 Å². The van der Waals surface area contributed by atoms with E-state index in [9.17, 15) is 14.0 Å². The van der Waals surface area contributed by atoms with Crippen LogP contribution in [0.5, 0.6) is 0 Å². The number of carbonyl (C=O) groups is 2. The summed E-state index contributed by atoms with van der Waals surface area (Å²) in [6.45, 7) is 5.57. The molecule has 5 nitrogen and oxygen atoms in total. The Labute approximate surface area is 151 Å². The summed E-state index contributed by atoms with van der Waals surface area (Å²) < 4.78 is 13.2. The molecule has 0 unspecified atom stereocenters. The van der Waals surface area contributed by atoms with Gasteiger partial charge in [-0.2, -0.15) is 0 Å². The number of nitrogens with one attached hydrogen (secondary N) is 3. The molecular weight excluding hydrogens is 333 g/mol. The number of rotatable bonds is 3. The Balaban J connectivity index is 1.95. The van der Waals surface area contributed by atoms with E-state index in [2.05, 4.69) is 16.0 Å². The van der Waals surface area contributed by atoms with Crippen molar-refractivity contribution in [1.29, 1.82) is 0 Å². The predicted molar refractivity (Wildman–Crippen MR) is 98.1 cm³/mol. The van der Waals surface area contributed by atoms with Crippen LogP contribution in [0.2, 0.25) is 0 Å². The van der Waals surface area contributed by atoms with Gasteiger partial charge in [-0.3, -0.25) is 4.79 Å². The molecule has 3 amide bonds. The van der Waals surface area contributed by atoms with E-state index in [0.29, 0.717) is 22.5 Å². The summed E-state index contributed by atoms with van der Waals surface area (Å²) in [7, 11) is 0. The van der Waals surface area contributed by atoms with Crippen molar-refractivity contribution < 1.29 is 14.0 Å². The molecule has 2 aromatic rings. The second kappa shape index (κ2) is 7.00. The zero-order valence-electron chi connectivity index (χ0n) is 14.8. The van der Waals surface area contributed by atoms with Crippen LogP contribution in [0.3, 0.4) is 0 Å². The van der Waals surface area contributed by atoms with Crippen molar-refractivity contribution >= 4 is 17.6 Å². The van der Waals surface area contributed by atoms with Crippen LogP contribution in [0, 0.1) is 19.7 Å². The first kappa shape index (κ1) is 17.7. The zero-order valence-corrected chi connectivity index (χ0v) is 14.8. The largest absolute Gasteiger partial charge is 0.327 e. The number of urea groups is 1. The lowest BCUT2D eigenvalue weighted by molar-refractivity contribution is -0.113. The molecule has 2 aromatic carbocycles. The fourth-order valence-electron chi connectivity index (χ4n) is 3.04. The monoisotopic (exact) mass is 353 g/mol. The quantitative estimate of drug-likeness (QED) is 0.787. The van der Waals surface area contributed by atoms with Crippen LogP contribution in [0.4, 0.5) is 14.9 Å². The van der Waals surface area contributed by atoms with Gasteiger partial charge in [-0.1, -0.05) is 29.8 Å². The Morgan fingerprint density at radius 2 is 1.77 bits per heavy atom. The molecule has 0 spiro atoms. The average molecular weight is 353 g/mol. The minimum absolute atomic E-state index is 0.323. The fraction of sp³-hybridized carbons (Fsp3) is 0.200. The highest BCUT2D eigenvalue weighted by Crippen LogP contribution is 2.28. The van der Waals surface area contributed by atoms with Crippen molar-refractivity contribution in [2.75, 3.05) is 5.32 Å². The number of hydrogen-bond donors (Lipinski definition) is 3. The lowest BCUT2D eigenvalue weighted by atomic mass is 9.94. The molecule has 3 N–H and O–H groups in total. The van der Waals surface area contributed by atoms with Gasteiger partial charge in [0.25, 0.3) is 5.91 Å². The van der Waals surface area contributed by atoms with Gasteiger partial charge in [-0.05, 0) is 50.1 Å². The van der Waals surface area contributed by atoms with Crippen molar-refractivity contribution in [2.45, 2.75) is 26.8 Å². The zero-order chi connectivity index (χ0) is 18.8. The van der Waals surface area contributed by atoms with Crippen molar-refractivity contribution in [3.8, 4) is 0 Å². The van der Waals surface area contributed by atoms with E-state index in [-0.39, 0.29) is 11.7 Å². The maximum Gasteiger partial charge on any atom is 0.319 e. The van der Waals surface area contributed by atoms with Crippen molar-refractivity contribution in [3.63, 3.8) is 0 Å². The van der Waals surface area contributed by atoms with E-state index in [1.165, 1.54) is 12.1 Å². The van der Waals surface area contributed by atoms with E-state index in [1.54, 1.807) is 19.1 Å². The fourth-order valence-corrected chi connectivity index (χ4v) is 3.04. The molecule has 0 aromatic heterocycles. The molecule has 0 fully saturated rings. The normalized spacial score (nSPS) is 16.8. The summed E-state index contributed by atoms with van der Waals surface area (Å²) in [6.07, 6.45) is 0. The predicted octanol–water partition coefficient (Wildman–Crippen LogP) is 3.71. The highest BCUT2D eigenvalue weighted by Gasteiger charge is 2.31. The number of amides is 3. The van der Waals surface area contributed by atoms with Crippen molar-refractivity contribution in [1.82, 2.24) is 10.6 Å². The van der Waals surface area contributed by atoms with Gasteiger partial charge in [0, 0.05) is 11.4 Å². The Morgan fingerprint density at radius 3 is 2.42 bits per heavy atom. The van der Waals surface area contributed by atoms with Gasteiger partial charge in [0.05, 0.1) is 11.6 Å². The summed E-state index contributed by atoms with van der Waals surface area (Å²) in [4.78, 5) is 24.8. The first-order valence-electron chi connectivity index (χ1n) is 8.27. The van der Waals surface area contributed by atoms with Gasteiger partial charge in [0.2, 0.25) is 0 Å². The summed E-state index contributed by atoms with van der Waals surface area (Å²) in [5, 5.41) is 8.26. The van der Waals surface area contributed by atoms with Crippen LogP contribution < -0.4 is 16.0 Å². The third kappa shape index (κ3) is 3.59. The van der Waals surface area contributed by atoms with E-state index >= 15 is 0 Å². The first-order chi connectivity index (χ1) is 12.3. The molecule has 0 saturated carbocycles. The van der Waals surface area contributed by atoms with Crippen LogP contribution in [0.15, 0.2) is 53.7 Å². The number of hydrogen-bond acceptors (Lipinski definition) is 2. The molecule has 0 aliphatic carbocycles. The van der Waals surface area contributed by atoms with Crippen LogP contribution in [0.1, 0.15) is 29.7 Å². The second-order valence-electron chi connectivity index (χ2n) is 6.39. The first-order valence-corrected chi connectivity index (χ1v) is 8.27. The Bertz CT molecular complexity index is 904. The summed E-state index contributed by atoms with van der Waals surface area (Å²) in [5.74, 6) is -0.702. The van der Waals surface area contributed by atoms with Gasteiger partial charge in [0.15, 0.2) is 0 Å². The summed E-state index contributed by atoms with van der Waals surface area (Å²) in [5.41, 5.74) is 4.23. The number of allylic oxidation sites excluding steroid dienone is 1.